The van der Waals surface area contributed by atoms with Crippen molar-refractivity contribution in [2.75, 3.05) is 19.6 Å². The van der Waals surface area contributed by atoms with Gasteiger partial charge in [0.25, 0.3) is 0 Å². The van der Waals surface area contributed by atoms with Gasteiger partial charge in [-0.3, -0.25) is 24.4 Å². The number of nitrogens with one attached hydrogen (secondary N) is 3. The van der Waals surface area contributed by atoms with E-state index in [4.69, 9.17) is 28.7 Å². The third-order valence-electron chi connectivity index (χ3n) is 6.09. The molecule has 0 aliphatic heterocycles. The van der Waals surface area contributed by atoms with Crippen LogP contribution >= 0.6 is 0 Å². The molecule has 0 saturated heterocycles. The lowest BCUT2D eigenvalue weighted by Crippen LogP contribution is -2.55. The standard InChI is InChI=1S/C27H46N10O4/c28-14-6-4-12-21(36-23(39)17-19-9-2-1-3-10-19)25(41)37-22(13-5-7-15-33-26(29)30)24(40)35-20(18-38)11-8-16-34-27(31)32/h1-3,9-10,18,20-22H,4-8,11-17,28H2,(H,35,40)(H,36,39)(H,37,41)(H4,29,30,33)(H4,31,32,34)/t20-,21-,22-/m0/s1. The van der Waals surface area contributed by atoms with E-state index in [-0.39, 0.29) is 30.7 Å². The molecule has 0 unspecified atom stereocenters. The monoisotopic (exact) mass is 574 g/mol. The van der Waals surface area contributed by atoms with Crippen LogP contribution in [0.25, 0.3) is 0 Å². The van der Waals surface area contributed by atoms with Crippen LogP contribution in [0, 0.1) is 0 Å². The van der Waals surface area contributed by atoms with Gasteiger partial charge in [0.1, 0.15) is 18.4 Å². The molecule has 1 rings (SSSR count). The van der Waals surface area contributed by atoms with E-state index in [2.05, 4.69) is 25.9 Å². The van der Waals surface area contributed by atoms with Gasteiger partial charge in [0.2, 0.25) is 17.7 Å². The molecule has 1 aromatic carbocycles. The molecular weight excluding hydrogens is 528 g/mol. The first kappa shape index (κ1) is 34.8. The summed E-state index contributed by atoms with van der Waals surface area (Å²) in [6.45, 7) is 1.12. The molecule has 0 heterocycles. The highest BCUT2D eigenvalue weighted by atomic mass is 16.2. The van der Waals surface area contributed by atoms with Crippen LogP contribution in [0.3, 0.4) is 0 Å². The fourth-order valence-electron chi connectivity index (χ4n) is 3.97. The number of rotatable bonds is 21. The predicted molar refractivity (Wildman–Crippen MR) is 159 cm³/mol. The highest BCUT2D eigenvalue weighted by Crippen LogP contribution is 2.08. The van der Waals surface area contributed by atoms with E-state index in [9.17, 15) is 19.2 Å². The Bertz CT molecular complexity index is 995. The minimum Gasteiger partial charge on any atom is -0.370 e. The minimum atomic E-state index is -0.954. The number of hydrogen-bond acceptors (Lipinski definition) is 7. The summed E-state index contributed by atoms with van der Waals surface area (Å²) in [7, 11) is 0. The quantitative estimate of drug-likeness (QED) is 0.0367. The van der Waals surface area contributed by atoms with Gasteiger partial charge in [0.15, 0.2) is 11.9 Å². The summed E-state index contributed by atoms with van der Waals surface area (Å²) in [6, 6.07) is 6.56. The Labute approximate surface area is 241 Å². The molecule has 0 aliphatic carbocycles. The van der Waals surface area contributed by atoms with E-state index >= 15 is 0 Å². The van der Waals surface area contributed by atoms with Gasteiger partial charge in [-0.1, -0.05) is 30.3 Å². The summed E-state index contributed by atoms with van der Waals surface area (Å²) in [6.07, 6.45) is 4.51. The van der Waals surface area contributed by atoms with Gasteiger partial charge in [-0.25, -0.2) is 0 Å². The number of amides is 3. The molecule has 0 aliphatic rings. The molecule has 1 aromatic rings. The van der Waals surface area contributed by atoms with Gasteiger partial charge in [0.05, 0.1) is 12.5 Å². The molecule has 0 radical (unpaired) electrons. The van der Waals surface area contributed by atoms with Gasteiger partial charge in [-0.05, 0) is 63.5 Å². The lowest BCUT2D eigenvalue weighted by Gasteiger charge is -2.24. The summed E-state index contributed by atoms with van der Waals surface area (Å²) in [5.74, 6) is -1.42. The van der Waals surface area contributed by atoms with Crippen LogP contribution in [0.4, 0.5) is 0 Å². The van der Waals surface area contributed by atoms with E-state index in [0.29, 0.717) is 70.9 Å². The van der Waals surface area contributed by atoms with Crippen molar-refractivity contribution in [3.63, 3.8) is 0 Å². The SMILES string of the molecule is NCCCC[C@H](NC(=O)Cc1ccccc1)C(=O)N[C@@H](CCCCN=C(N)N)C(=O)N[C@H](C=O)CCCN=C(N)N. The van der Waals surface area contributed by atoms with Crippen molar-refractivity contribution in [1.82, 2.24) is 16.0 Å². The molecular formula is C27H46N10O4. The summed E-state index contributed by atoms with van der Waals surface area (Å²) in [4.78, 5) is 58.7. The second kappa shape index (κ2) is 20.7. The molecule has 3 atom stereocenters. The molecule has 13 N–H and O–H groups in total. The molecule has 3 amide bonds. The summed E-state index contributed by atoms with van der Waals surface area (Å²) >= 11 is 0. The Morgan fingerprint density at radius 3 is 1.88 bits per heavy atom. The Balaban J connectivity index is 2.94. The zero-order valence-electron chi connectivity index (χ0n) is 23.6. The molecule has 0 saturated carbocycles. The molecule has 0 aromatic heterocycles. The number of aliphatic imine (C=N–C) groups is 2. The first-order valence-electron chi connectivity index (χ1n) is 13.9. The van der Waals surface area contributed by atoms with Crippen LogP contribution in [0.5, 0.6) is 0 Å². The Morgan fingerprint density at radius 2 is 1.29 bits per heavy atom. The van der Waals surface area contributed by atoms with Crippen molar-refractivity contribution in [3.05, 3.63) is 35.9 Å². The van der Waals surface area contributed by atoms with Crippen molar-refractivity contribution in [3.8, 4) is 0 Å². The van der Waals surface area contributed by atoms with Crippen LogP contribution in [-0.2, 0) is 25.6 Å². The number of nitrogens with zero attached hydrogens (tertiary/aromatic N) is 2. The zero-order valence-corrected chi connectivity index (χ0v) is 23.6. The smallest absolute Gasteiger partial charge is 0.243 e. The van der Waals surface area contributed by atoms with Crippen molar-refractivity contribution in [1.29, 1.82) is 0 Å². The number of carbonyl (C=O) groups excluding carboxylic acids is 4. The van der Waals surface area contributed by atoms with E-state index in [0.717, 1.165) is 5.56 Å². The number of hydrogen-bond donors (Lipinski definition) is 8. The van der Waals surface area contributed by atoms with Crippen LogP contribution in [0.2, 0.25) is 0 Å². The predicted octanol–water partition coefficient (Wildman–Crippen LogP) is -1.49. The third-order valence-corrected chi connectivity index (χ3v) is 6.09. The first-order valence-corrected chi connectivity index (χ1v) is 13.9. The molecule has 0 spiro atoms. The van der Waals surface area contributed by atoms with E-state index < -0.39 is 29.9 Å². The second-order valence-electron chi connectivity index (χ2n) is 9.63. The largest absolute Gasteiger partial charge is 0.370 e. The zero-order chi connectivity index (χ0) is 30.5. The van der Waals surface area contributed by atoms with E-state index in [1.165, 1.54) is 0 Å². The van der Waals surface area contributed by atoms with Gasteiger partial charge in [-0.2, -0.15) is 0 Å². The number of unbranched alkanes of at least 4 members (excludes halogenated alkanes) is 2. The first-order chi connectivity index (χ1) is 19.7. The van der Waals surface area contributed by atoms with Crippen molar-refractivity contribution in [2.45, 2.75) is 75.9 Å². The number of benzene rings is 1. The van der Waals surface area contributed by atoms with E-state index in [1.807, 2.05) is 30.3 Å². The minimum absolute atomic E-state index is 0.0336. The van der Waals surface area contributed by atoms with Crippen LogP contribution in [0.1, 0.15) is 56.9 Å². The molecule has 14 heteroatoms. The molecule has 41 heavy (non-hydrogen) atoms. The topological polar surface area (TPSA) is 259 Å². The van der Waals surface area contributed by atoms with Crippen LogP contribution < -0.4 is 44.6 Å². The van der Waals surface area contributed by atoms with Crippen LogP contribution in [0.15, 0.2) is 40.3 Å². The number of guanidine groups is 2. The van der Waals surface area contributed by atoms with Gasteiger partial charge in [0, 0.05) is 13.1 Å². The lowest BCUT2D eigenvalue weighted by molar-refractivity contribution is -0.132. The molecule has 14 nitrogen and oxygen atoms in total. The van der Waals surface area contributed by atoms with Gasteiger partial charge in [-0.15, -0.1) is 0 Å². The molecule has 0 bridgehead atoms. The summed E-state index contributed by atoms with van der Waals surface area (Å²) in [5.41, 5.74) is 27.8. The fraction of sp³-hybridized carbons (Fsp3) is 0.556. The lowest BCUT2D eigenvalue weighted by atomic mass is 10.0. The highest BCUT2D eigenvalue weighted by molar-refractivity contribution is 5.93. The van der Waals surface area contributed by atoms with Crippen LogP contribution in [-0.4, -0.2) is 73.7 Å². The summed E-state index contributed by atoms with van der Waals surface area (Å²) in [5, 5.41) is 8.25. The maximum Gasteiger partial charge on any atom is 0.243 e. The van der Waals surface area contributed by atoms with Crippen molar-refractivity contribution >= 4 is 35.9 Å². The normalized spacial score (nSPS) is 12.7. The molecule has 0 fully saturated rings. The Hall–Kier alpha value is -4.20. The maximum absolute atomic E-state index is 13.3. The summed E-state index contributed by atoms with van der Waals surface area (Å²) < 4.78 is 0. The highest BCUT2D eigenvalue weighted by Gasteiger charge is 2.27. The Kier molecular flexibility index (Phi) is 17.6. The average molecular weight is 575 g/mol. The Morgan fingerprint density at radius 1 is 0.732 bits per heavy atom. The second-order valence-corrected chi connectivity index (χ2v) is 9.63. The molecule has 228 valence electrons. The van der Waals surface area contributed by atoms with E-state index in [1.54, 1.807) is 0 Å². The maximum atomic E-state index is 13.3. The number of nitrogens with two attached hydrogens (primary N) is 5. The van der Waals surface area contributed by atoms with Crippen molar-refractivity contribution in [2.24, 2.45) is 38.7 Å². The number of carbonyl (C=O) groups is 4. The average Bonchev–Trinajstić information content (AvgIpc) is 2.93. The fourth-order valence-corrected chi connectivity index (χ4v) is 3.97. The number of aldehydes is 1. The third kappa shape index (κ3) is 16.5. The van der Waals surface area contributed by atoms with Crippen molar-refractivity contribution < 1.29 is 19.2 Å². The van der Waals surface area contributed by atoms with Gasteiger partial charge < -0.3 is 49.4 Å². The van der Waals surface area contributed by atoms with Gasteiger partial charge >= 0.3 is 0 Å².